The van der Waals surface area contributed by atoms with Crippen molar-refractivity contribution in [2.24, 2.45) is 5.92 Å². The van der Waals surface area contributed by atoms with E-state index in [9.17, 15) is 19.5 Å². The molecule has 1 fully saturated rings. The van der Waals surface area contributed by atoms with Crippen LogP contribution in [0.25, 0.3) is 5.69 Å². The molecule has 1 saturated heterocycles. The molecule has 2 aromatic carbocycles. The smallest absolute Gasteiger partial charge is 0.324 e. The van der Waals surface area contributed by atoms with Gasteiger partial charge in [-0.05, 0) is 42.7 Å². The van der Waals surface area contributed by atoms with Crippen LogP contribution in [0.4, 0.5) is 16.3 Å². The van der Waals surface area contributed by atoms with Crippen LogP contribution in [0.15, 0.2) is 48.5 Å². The van der Waals surface area contributed by atoms with Crippen molar-refractivity contribution >= 4 is 52.6 Å². The largest absolute Gasteiger partial charge is 0.481 e. The van der Waals surface area contributed by atoms with Crippen LogP contribution in [0.2, 0.25) is 10.0 Å². The van der Waals surface area contributed by atoms with Crippen LogP contribution in [0, 0.1) is 5.92 Å². The lowest BCUT2D eigenvalue weighted by atomic mass is 9.92. The Morgan fingerprint density at radius 1 is 1.08 bits per heavy atom. The van der Waals surface area contributed by atoms with Gasteiger partial charge in [0.05, 0.1) is 39.5 Å². The molecule has 39 heavy (non-hydrogen) atoms. The molecule has 0 spiro atoms. The topological polar surface area (TPSA) is 117 Å². The molecule has 1 aromatic heterocycles. The van der Waals surface area contributed by atoms with Crippen molar-refractivity contribution in [3.05, 3.63) is 69.8 Å². The number of hydrogen-bond donors (Lipinski definition) is 3. The van der Waals surface area contributed by atoms with Gasteiger partial charge >= 0.3 is 12.0 Å². The second-order valence-electron chi connectivity index (χ2n) is 10.6. The summed E-state index contributed by atoms with van der Waals surface area (Å²) in [6.45, 7) is 6.89. The molecule has 1 aliphatic rings. The minimum Gasteiger partial charge on any atom is -0.481 e. The first-order valence-corrected chi connectivity index (χ1v) is 13.4. The number of carbonyl (C=O) groups is 3. The standard InChI is InChI=1S/C28H31Cl2N5O4/c1-28(2,3)22-15-23(32-27(39)31-21-8-4-7-20(29)25(21)30)35(33-22)19-11-9-17(10-12-19)14-24(36)34-13-5-6-18(16-34)26(37)38/h4,7-12,15,18H,5-6,13-14,16H2,1-3H3,(H,37,38)(H2,31,32,39). The molecule has 0 saturated carbocycles. The molecule has 1 aliphatic heterocycles. The molecule has 3 aromatic rings. The fourth-order valence-electron chi connectivity index (χ4n) is 4.35. The summed E-state index contributed by atoms with van der Waals surface area (Å²) in [6, 6.07) is 13.6. The lowest BCUT2D eigenvalue weighted by molar-refractivity contribution is -0.145. The van der Waals surface area contributed by atoms with E-state index >= 15 is 0 Å². The average Bonchev–Trinajstić information content (AvgIpc) is 3.31. The quantitative estimate of drug-likeness (QED) is 0.336. The number of hydrogen-bond acceptors (Lipinski definition) is 4. The predicted octanol–water partition coefficient (Wildman–Crippen LogP) is 5.99. The van der Waals surface area contributed by atoms with Gasteiger partial charge in [-0.15, -0.1) is 0 Å². The van der Waals surface area contributed by atoms with Crippen LogP contribution in [0.5, 0.6) is 0 Å². The number of anilines is 2. The number of aliphatic carboxylic acids is 1. The van der Waals surface area contributed by atoms with Gasteiger partial charge in [0.25, 0.3) is 0 Å². The van der Waals surface area contributed by atoms with Crippen LogP contribution in [-0.2, 0) is 21.4 Å². The number of urea groups is 1. The molecule has 4 rings (SSSR count). The molecule has 1 atom stereocenters. The highest BCUT2D eigenvalue weighted by atomic mass is 35.5. The van der Waals surface area contributed by atoms with Gasteiger partial charge in [-0.3, -0.25) is 14.9 Å². The monoisotopic (exact) mass is 571 g/mol. The van der Waals surface area contributed by atoms with E-state index in [0.29, 0.717) is 41.6 Å². The maximum absolute atomic E-state index is 12.8. The number of benzene rings is 2. The zero-order valence-corrected chi connectivity index (χ0v) is 23.5. The Labute approximate surface area is 237 Å². The first kappa shape index (κ1) is 28.4. The van der Waals surface area contributed by atoms with Crippen molar-refractivity contribution in [2.75, 3.05) is 23.7 Å². The molecule has 1 unspecified atom stereocenters. The Morgan fingerprint density at radius 2 is 1.79 bits per heavy atom. The van der Waals surface area contributed by atoms with E-state index in [2.05, 4.69) is 10.6 Å². The van der Waals surface area contributed by atoms with Crippen molar-refractivity contribution in [1.82, 2.24) is 14.7 Å². The SMILES string of the molecule is CC(C)(C)c1cc(NC(=O)Nc2cccc(Cl)c2Cl)n(-c2ccc(CC(=O)N3CCCC(C(=O)O)C3)cc2)n1. The minimum absolute atomic E-state index is 0.0958. The Morgan fingerprint density at radius 3 is 2.46 bits per heavy atom. The molecule has 3 amide bonds. The number of carbonyl (C=O) groups excluding carboxylic acids is 2. The number of carboxylic acids is 1. The number of piperidine rings is 1. The van der Waals surface area contributed by atoms with Gasteiger partial charge in [0.2, 0.25) is 5.91 Å². The Balaban J connectivity index is 1.51. The van der Waals surface area contributed by atoms with Crippen molar-refractivity contribution in [1.29, 1.82) is 0 Å². The molecule has 0 aliphatic carbocycles. The summed E-state index contributed by atoms with van der Waals surface area (Å²) in [4.78, 5) is 38.6. The summed E-state index contributed by atoms with van der Waals surface area (Å²) >= 11 is 12.3. The van der Waals surface area contributed by atoms with E-state index in [0.717, 1.165) is 11.3 Å². The van der Waals surface area contributed by atoms with E-state index in [1.54, 1.807) is 27.8 Å². The Kier molecular flexibility index (Phi) is 8.51. The van der Waals surface area contributed by atoms with E-state index in [1.807, 2.05) is 51.1 Å². The summed E-state index contributed by atoms with van der Waals surface area (Å²) in [7, 11) is 0. The highest BCUT2D eigenvalue weighted by Crippen LogP contribution is 2.30. The second kappa shape index (κ2) is 11.7. The maximum atomic E-state index is 12.8. The highest BCUT2D eigenvalue weighted by molar-refractivity contribution is 6.44. The van der Waals surface area contributed by atoms with Gasteiger partial charge in [-0.2, -0.15) is 5.10 Å². The lowest BCUT2D eigenvalue weighted by Gasteiger charge is -2.30. The number of rotatable bonds is 6. The van der Waals surface area contributed by atoms with Gasteiger partial charge in [0.1, 0.15) is 5.82 Å². The van der Waals surface area contributed by atoms with Gasteiger partial charge in [-0.1, -0.05) is 62.2 Å². The van der Waals surface area contributed by atoms with E-state index in [1.165, 1.54) is 0 Å². The molecule has 2 heterocycles. The molecule has 11 heteroatoms. The summed E-state index contributed by atoms with van der Waals surface area (Å²) in [6.07, 6.45) is 1.45. The van der Waals surface area contributed by atoms with Gasteiger partial charge < -0.3 is 15.3 Å². The number of amides is 3. The van der Waals surface area contributed by atoms with Crippen LogP contribution in [0.3, 0.4) is 0 Å². The van der Waals surface area contributed by atoms with E-state index < -0.39 is 17.9 Å². The fraction of sp³-hybridized carbons (Fsp3) is 0.357. The van der Waals surface area contributed by atoms with Crippen molar-refractivity contribution in [2.45, 2.75) is 45.4 Å². The zero-order valence-electron chi connectivity index (χ0n) is 22.0. The van der Waals surface area contributed by atoms with E-state index in [-0.39, 0.29) is 29.3 Å². The number of nitrogens with zero attached hydrogens (tertiary/aromatic N) is 3. The molecular formula is C28H31Cl2N5O4. The third-order valence-electron chi connectivity index (χ3n) is 6.58. The minimum atomic E-state index is -0.862. The maximum Gasteiger partial charge on any atom is 0.324 e. The Bertz CT molecular complexity index is 1380. The summed E-state index contributed by atoms with van der Waals surface area (Å²) in [5.41, 5.74) is 2.37. The van der Waals surface area contributed by atoms with E-state index in [4.69, 9.17) is 28.3 Å². The zero-order chi connectivity index (χ0) is 28.3. The summed E-state index contributed by atoms with van der Waals surface area (Å²) in [5, 5.41) is 20.2. The molecule has 206 valence electrons. The number of halogens is 2. The summed E-state index contributed by atoms with van der Waals surface area (Å²) < 4.78 is 1.63. The van der Waals surface area contributed by atoms with Crippen LogP contribution < -0.4 is 10.6 Å². The molecule has 0 bridgehead atoms. The molecule has 9 nitrogen and oxygen atoms in total. The predicted molar refractivity (Wildman–Crippen MR) is 152 cm³/mol. The second-order valence-corrected chi connectivity index (χ2v) is 11.4. The molecule has 3 N–H and O–H groups in total. The van der Waals surface area contributed by atoms with Crippen LogP contribution >= 0.6 is 23.2 Å². The number of nitrogens with one attached hydrogen (secondary N) is 2. The van der Waals surface area contributed by atoms with Crippen molar-refractivity contribution in [3.63, 3.8) is 0 Å². The Hall–Kier alpha value is -3.56. The van der Waals surface area contributed by atoms with Crippen LogP contribution in [-0.4, -0.2) is 50.8 Å². The normalized spacial score (nSPS) is 15.6. The highest BCUT2D eigenvalue weighted by Gasteiger charge is 2.28. The third-order valence-corrected chi connectivity index (χ3v) is 7.40. The first-order valence-electron chi connectivity index (χ1n) is 12.6. The number of likely N-dealkylation sites (tertiary alicyclic amines) is 1. The third kappa shape index (κ3) is 6.91. The average molecular weight is 572 g/mol. The number of aromatic nitrogens is 2. The van der Waals surface area contributed by atoms with Gasteiger partial charge in [-0.25, -0.2) is 9.48 Å². The first-order chi connectivity index (χ1) is 18.4. The molecular weight excluding hydrogens is 541 g/mol. The van der Waals surface area contributed by atoms with Gasteiger partial charge in [0, 0.05) is 24.6 Å². The van der Waals surface area contributed by atoms with Crippen molar-refractivity contribution < 1.29 is 19.5 Å². The molecule has 0 radical (unpaired) electrons. The fourth-order valence-corrected chi connectivity index (χ4v) is 4.70. The van der Waals surface area contributed by atoms with Gasteiger partial charge in [0.15, 0.2) is 0 Å². The van der Waals surface area contributed by atoms with Crippen molar-refractivity contribution in [3.8, 4) is 5.69 Å². The summed E-state index contributed by atoms with van der Waals surface area (Å²) in [5.74, 6) is -1.02. The van der Waals surface area contributed by atoms with Crippen LogP contribution in [0.1, 0.15) is 44.9 Å². The lowest BCUT2D eigenvalue weighted by Crippen LogP contribution is -2.42. The number of carboxylic acid groups (broad SMARTS) is 1.